The van der Waals surface area contributed by atoms with Crippen LogP contribution < -0.4 is 0 Å². The monoisotopic (exact) mass is 289 g/mol. The molecule has 1 aromatic carbocycles. The third-order valence-electron chi connectivity index (χ3n) is 3.52. The van der Waals surface area contributed by atoms with Crippen LogP contribution >= 0.6 is 0 Å². The van der Waals surface area contributed by atoms with Crippen molar-refractivity contribution in [1.29, 1.82) is 0 Å². The zero-order valence-corrected chi connectivity index (χ0v) is 12.7. The largest absolute Gasteiger partial charge is 0.243 e. The molecule has 20 heavy (non-hydrogen) atoms. The van der Waals surface area contributed by atoms with Gasteiger partial charge in [0.1, 0.15) is 0 Å². The zero-order chi connectivity index (χ0) is 14.8. The molecule has 0 saturated heterocycles. The second-order valence-electron chi connectivity index (χ2n) is 4.86. The van der Waals surface area contributed by atoms with Crippen molar-refractivity contribution in [1.82, 2.24) is 4.31 Å². The first-order chi connectivity index (χ1) is 9.50. The first-order valence-corrected chi connectivity index (χ1v) is 8.09. The summed E-state index contributed by atoms with van der Waals surface area (Å²) in [6.45, 7) is 7.89. The van der Waals surface area contributed by atoms with Crippen molar-refractivity contribution in [2.45, 2.75) is 31.2 Å². The second kappa shape index (κ2) is 5.80. The normalized spacial score (nSPS) is 19.5. The van der Waals surface area contributed by atoms with Crippen molar-refractivity contribution in [2.24, 2.45) is 0 Å². The summed E-state index contributed by atoms with van der Waals surface area (Å²) >= 11 is 0. The van der Waals surface area contributed by atoms with Gasteiger partial charge < -0.3 is 0 Å². The summed E-state index contributed by atoms with van der Waals surface area (Å²) in [7, 11) is -3.45. The standard InChI is InChI=1S/C16H19NO2S/c1-4-6-14-11-12-17(16(14)5-2)20(18,19)15-9-7-13(3)8-10-15/h6-11,16H,1,5,12H2,2-3H3. The molecule has 0 radical (unpaired) electrons. The second-order valence-corrected chi connectivity index (χ2v) is 6.75. The van der Waals surface area contributed by atoms with Crippen LogP contribution in [0.15, 0.2) is 59.2 Å². The highest BCUT2D eigenvalue weighted by molar-refractivity contribution is 7.89. The van der Waals surface area contributed by atoms with Crippen molar-refractivity contribution >= 4 is 10.0 Å². The summed E-state index contributed by atoms with van der Waals surface area (Å²) in [6.07, 6.45) is 4.42. The Bertz CT molecular complexity index is 665. The van der Waals surface area contributed by atoms with Gasteiger partial charge in [-0.25, -0.2) is 8.42 Å². The average molecular weight is 289 g/mol. The van der Waals surface area contributed by atoms with Gasteiger partial charge in [-0.05, 0) is 37.1 Å². The molecule has 3 nitrogen and oxygen atoms in total. The number of aryl methyl sites for hydroxylation is 1. The fraction of sp³-hybridized carbons (Fsp3) is 0.312. The van der Waals surface area contributed by atoms with Crippen LogP contribution in [0.4, 0.5) is 0 Å². The van der Waals surface area contributed by atoms with E-state index < -0.39 is 10.0 Å². The molecule has 0 bridgehead atoms. The summed E-state index contributed by atoms with van der Waals surface area (Å²) in [5.74, 6) is 0. The molecule has 1 aliphatic rings. The molecule has 106 valence electrons. The molecule has 1 heterocycles. The van der Waals surface area contributed by atoms with E-state index in [0.29, 0.717) is 11.4 Å². The lowest BCUT2D eigenvalue weighted by atomic mass is 10.1. The van der Waals surface area contributed by atoms with Crippen LogP contribution in [-0.4, -0.2) is 25.3 Å². The highest BCUT2D eigenvalue weighted by atomic mass is 32.2. The van der Waals surface area contributed by atoms with E-state index in [0.717, 1.165) is 17.6 Å². The van der Waals surface area contributed by atoms with Gasteiger partial charge in [-0.1, -0.05) is 37.3 Å². The van der Waals surface area contributed by atoms with E-state index in [-0.39, 0.29) is 6.04 Å². The Labute approximate surface area is 121 Å². The van der Waals surface area contributed by atoms with Crippen molar-refractivity contribution in [3.63, 3.8) is 0 Å². The Balaban J connectivity index is 2.36. The lowest BCUT2D eigenvalue weighted by Crippen LogP contribution is -2.36. The van der Waals surface area contributed by atoms with Crippen molar-refractivity contribution < 1.29 is 8.42 Å². The molecular formula is C16H19NO2S. The van der Waals surface area contributed by atoms with Crippen LogP contribution in [0.5, 0.6) is 0 Å². The first kappa shape index (κ1) is 14.8. The van der Waals surface area contributed by atoms with Crippen LogP contribution in [-0.2, 0) is 10.0 Å². The molecule has 0 N–H and O–H groups in total. The summed E-state index contributed by atoms with van der Waals surface area (Å²) in [5, 5.41) is 0. The quantitative estimate of drug-likeness (QED) is 0.799. The van der Waals surface area contributed by atoms with Crippen molar-refractivity contribution in [3.05, 3.63) is 59.9 Å². The van der Waals surface area contributed by atoms with Gasteiger partial charge in [0.25, 0.3) is 0 Å². The first-order valence-electron chi connectivity index (χ1n) is 6.65. The number of rotatable bonds is 4. The minimum absolute atomic E-state index is 0.129. The molecule has 0 spiro atoms. The van der Waals surface area contributed by atoms with E-state index in [2.05, 4.69) is 12.3 Å². The van der Waals surface area contributed by atoms with E-state index in [4.69, 9.17) is 0 Å². The molecule has 1 aliphatic heterocycles. The number of benzene rings is 1. The van der Waals surface area contributed by atoms with Gasteiger partial charge in [-0.3, -0.25) is 0 Å². The Morgan fingerprint density at radius 1 is 1.40 bits per heavy atom. The fourth-order valence-electron chi connectivity index (χ4n) is 2.45. The molecular weight excluding hydrogens is 270 g/mol. The van der Waals surface area contributed by atoms with Crippen LogP contribution in [0, 0.1) is 6.92 Å². The minimum atomic E-state index is -3.45. The third kappa shape index (κ3) is 2.63. The molecule has 1 atom stereocenters. The Hall–Kier alpha value is -1.61. The van der Waals surface area contributed by atoms with Gasteiger partial charge in [0, 0.05) is 6.54 Å². The van der Waals surface area contributed by atoms with Crippen LogP contribution in [0.25, 0.3) is 0 Å². The molecule has 4 heteroatoms. The van der Waals surface area contributed by atoms with E-state index in [1.54, 1.807) is 22.5 Å². The number of sulfonamides is 1. The Kier molecular flexibility index (Phi) is 4.29. The molecule has 2 rings (SSSR count). The highest BCUT2D eigenvalue weighted by Gasteiger charge is 2.34. The predicted octanol–water partition coefficient (Wildman–Crippen LogP) is 3.05. The van der Waals surface area contributed by atoms with Crippen LogP contribution in [0.3, 0.4) is 0 Å². The zero-order valence-electron chi connectivity index (χ0n) is 11.8. The van der Waals surface area contributed by atoms with E-state index >= 15 is 0 Å². The molecule has 0 fully saturated rings. The highest BCUT2D eigenvalue weighted by Crippen LogP contribution is 2.28. The van der Waals surface area contributed by atoms with Gasteiger partial charge in [-0.15, -0.1) is 5.73 Å². The Morgan fingerprint density at radius 2 is 2.05 bits per heavy atom. The molecule has 0 aromatic heterocycles. The summed E-state index contributed by atoms with van der Waals surface area (Å²) in [5.41, 5.74) is 4.75. The molecule has 1 aromatic rings. The van der Waals surface area contributed by atoms with Gasteiger partial charge in [0.05, 0.1) is 10.9 Å². The number of nitrogens with zero attached hydrogens (tertiary/aromatic N) is 1. The summed E-state index contributed by atoms with van der Waals surface area (Å²) < 4.78 is 27.0. The van der Waals surface area contributed by atoms with Crippen LogP contribution in [0.1, 0.15) is 18.9 Å². The Morgan fingerprint density at radius 3 is 2.60 bits per heavy atom. The number of hydrogen-bond donors (Lipinski definition) is 0. The summed E-state index contributed by atoms with van der Waals surface area (Å²) in [4.78, 5) is 0.346. The van der Waals surface area contributed by atoms with E-state index in [9.17, 15) is 8.42 Å². The van der Waals surface area contributed by atoms with Gasteiger partial charge >= 0.3 is 0 Å². The fourth-order valence-corrected chi connectivity index (χ4v) is 4.08. The van der Waals surface area contributed by atoms with Crippen LogP contribution in [0.2, 0.25) is 0 Å². The third-order valence-corrected chi connectivity index (χ3v) is 5.41. The number of hydrogen-bond acceptors (Lipinski definition) is 2. The molecule has 0 aliphatic carbocycles. The maximum absolute atomic E-state index is 12.7. The lowest BCUT2D eigenvalue weighted by molar-refractivity contribution is 0.396. The maximum atomic E-state index is 12.7. The van der Waals surface area contributed by atoms with E-state index in [1.807, 2.05) is 32.1 Å². The molecule has 0 saturated carbocycles. The van der Waals surface area contributed by atoms with E-state index in [1.165, 1.54) is 0 Å². The van der Waals surface area contributed by atoms with Crippen molar-refractivity contribution in [2.75, 3.05) is 6.54 Å². The van der Waals surface area contributed by atoms with Gasteiger partial charge in [-0.2, -0.15) is 4.31 Å². The average Bonchev–Trinajstić information content (AvgIpc) is 2.83. The molecule has 0 amide bonds. The topological polar surface area (TPSA) is 37.4 Å². The van der Waals surface area contributed by atoms with Crippen molar-refractivity contribution in [3.8, 4) is 0 Å². The summed E-state index contributed by atoms with van der Waals surface area (Å²) in [6, 6.07) is 6.84. The molecule has 1 unspecified atom stereocenters. The lowest BCUT2D eigenvalue weighted by Gasteiger charge is -2.24. The maximum Gasteiger partial charge on any atom is 0.243 e. The van der Waals surface area contributed by atoms with Gasteiger partial charge in [0.15, 0.2) is 0 Å². The predicted molar refractivity (Wildman–Crippen MR) is 80.9 cm³/mol. The SMILES string of the molecule is C=C=CC1=CCN(S(=O)(=O)c2ccc(C)cc2)C1CC. The minimum Gasteiger partial charge on any atom is -0.207 e. The van der Waals surface area contributed by atoms with Gasteiger partial charge in [0.2, 0.25) is 10.0 Å². The smallest absolute Gasteiger partial charge is 0.207 e.